The van der Waals surface area contributed by atoms with Crippen LogP contribution in [-0.2, 0) is 0 Å². The Labute approximate surface area is 131 Å². The fourth-order valence-corrected chi connectivity index (χ4v) is 2.26. The lowest BCUT2D eigenvalue weighted by Gasteiger charge is -2.09. The molecule has 0 unspecified atom stereocenters. The quantitative estimate of drug-likeness (QED) is 0.604. The Balaban J connectivity index is 2.07. The first kappa shape index (κ1) is 13.2. The minimum absolute atomic E-state index is 0.284. The topological polar surface area (TPSA) is 103 Å². The fraction of sp³-hybridized carbons (Fsp3) is 0. The molecule has 7 heteroatoms. The summed E-state index contributed by atoms with van der Waals surface area (Å²) in [5, 5.41) is 0. The highest BCUT2D eigenvalue weighted by atomic mass is 15.0. The number of nitrogen functional groups attached to an aromatic ring is 1. The number of aromatic nitrogens is 6. The van der Waals surface area contributed by atoms with Gasteiger partial charge in [-0.15, -0.1) is 0 Å². The van der Waals surface area contributed by atoms with E-state index in [-0.39, 0.29) is 5.82 Å². The summed E-state index contributed by atoms with van der Waals surface area (Å²) in [6.07, 6.45) is 4.78. The van der Waals surface area contributed by atoms with Crippen molar-refractivity contribution in [3.8, 4) is 22.8 Å². The summed E-state index contributed by atoms with van der Waals surface area (Å²) in [4.78, 5) is 26.0. The second kappa shape index (κ2) is 5.38. The zero-order chi connectivity index (χ0) is 15.6. The lowest BCUT2D eigenvalue weighted by molar-refractivity contribution is 1.14. The third-order valence-electron chi connectivity index (χ3n) is 3.31. The van der Waals surface area contributed by atoms with Crippen molar-refractivity contribution in [2.75, 3.05) is 5.73 Å². The number of hydrogen-bond acceptors (Lipinski definition) is 7. The fourth-order valence-electron chi connectivity index (χ4n) is 2.26. The van der Waals surface area contributed by atoms with Crippen LogP contribution < -0.4 is 5.73 Å². The van der Waals surface area contributed by atoms with E-state index < -0.39 is 0 Å². The van der Waals surface area contributed by atoms with Gasteiger partial charge in [-0.3, -0.25) is 9.97 Å². The first-order valence-corrected chi connectivity index (χ1v) is 6.94. The van der Waals surface area contributed by atoms with Crippen molar-refractivity contribution >= 4 is 17.0 Å². The van der Waals surface area contributed by atoms with Crippen molar-refractivity contribution in [3.05, 3.63) is 55.1 Å². The molecule has 0 aliphatic carbocycles. The smallest absolute Gasteiger partial charge is 0.184 e. The van der Waals surface area contributed by atoms with Crippen molar-refractivity contribution in [3.63, 3.8) is 0 Å². The van der Waals surface area contributed by atoms with Crippen LogP contribution in [0.4, 0.5) is 5.82 Å². The van der Waals surface area contributed by atoms with Gasteiger partial charge in [-0.05, 0) is 24.3 Å². The molecule has 2 N–H and O–H groups in total. The highest BCUT2D eigenvalue weighted by Gasteiger charge is 2.16. The minimum atomic E-state index is 0.284. The largest absolute Gasteiger partial charge is 0.382 e. The van der Waals surface area contributed by atoms with Crippen LogP contribution in [0.5, 0.6) is 0 Å². The molecule has 4 aromatic rings. The highest BCUT2D eigenvalue weighted by Crippen LogP contribution is 2.28. The van der Waals surface area contributed by atoms with Crippen LogP contribution in [0.1, 0.15) is 0 Å². The van der Waals surface area contributed by atoms with Crippen molar-refractivity contribution < 1.29 is 0 Å². The number of anilines is 1. The molecule has 0 spiro atoms. The molecule has 4 aromatic heterocycles. The molecule has 4 rings (SSSR count). The molecule has 0 atom stereocenters. The van der Waals surface area contributed by atoms with Crippen LogP contribution in [0, 0.1) is 0 Å². The lowest BCUT2D eigenvalue weighted by Crippen LogP contribution is -2.02. The summed E-state index contributed by atoms with van der Waals surface area (Å²) in [5.74, 6) is 0.284. The Hall–Kier alpha value is -3.48. The summed E-state index contributed by atoms with van der Waals surface area (Å²) in [6.45, 7) is 0. The van der Waals surface area contributed by atoms with Gasteiger partial charge in [0.2, 0.25) is 0 Å². The lowest BCUT2D eigenvalue weighted by atomic mass is 10.1. The average Bonchev–Trinajstić information content (AvgIpc) is 2.63. The summed E-state index contributed by atoms with van der Waals surface area (Å²) < 4.78 is 0. The van der Waals surface area contributed by atoms with E-state index in [2.05, 4.69) is 29.9 Å². The van der Waals surface area contributed by atoms with Crippen molar-refractivity contribution in [2.24, 2.45) is 0 Å². The van der Waals surface area contributed by atoms with Gasteiger partial charge in [0.15, 0.2) is 17.0 Å². The predicted molar refractivity (Wildman–Crippen MR) is 86.0 cm³/mol. The molecule has 0 bridgehead atoms. The van der Waals surface area contributed by atoms with Gasteiger partial charge >= 0.3 is 0 Å². The van der Waals surface area contributed by atoms with E-state index in [1.165, 1.54) is 6.33 Å². The van der Waals surface area contributed by atoms with Crippen LogP contribution >= 0.6 is 0 Å². The maximum atomic E-state index is 5.90. The predicted octanol–water partition coefficient (Wildman–Crippen LogP) is 2.13. The van der Waals surface area contributed by atoms with Crippen molar-refractivity contribution in [1.82, 2.24) is 29.9 Å². The van der Waals surface area contributed by atoms with E-state index in [1.54, 1.807) is 12.4 Å². The number of fused-ring (bicyclic) bond motifs is 1. The first-order valence-electron chi connectivity index (χ1n) is 6.94. The highest BCUT2D eigenvalue weighted by molar-refractivity contribution is 5.87. The van der Waals surface area contributed by atoms with Gasteiger partial charge in [0.1, 0.15) is 17.7 Å². The number of nitrogens with zero attached hydrogens (tertiary/aromatic N) is 6. The Morgan fingerprint density at radius 3 is 1.96 bits per heavy atom. The third-order valence-corrected chi connectivity index (χ3v) is 3.31. The van der Waals surface area contributed by atoms with Gasteiger partial charge in [-0.2, -0.15) is 0 Å². The van der Waals surface area contributed by atoms with Crippen LogP contribution in [0.2, 0.25) is 0 Å². The van der Waals surface area contributed by atoms with E-state index in [4.69, 9.17) is 5.73 Å². The maximum absolute atomic E-state index is 5.90. The first-order chi connectivity index (χ1) is 11.3. The normalized spacial score (nSPS) is 10.8. The monoisotopic (exact) mass is 301 g/mol. The van der Waals surface area contributed by atoms with Crippen LogP contribution in [-0.4, -0.2) is 29.9 Å². The Bertz CT molecular complexity index is 971. The summed E-state index contributed by atoms with van der Waals surface area (Å²) in [7, 11) is 0. The van der Waals surface area contributed by atoms with Gasteiger partial charge in [-0.25, -0.2) is 19.9 Å². The van der Waals surface area contributed by atoms with E-state index in [9.17, 15) is 0 Å². The molecule has 0 saturated carbocycles. The van der Waals surface area contributed by atoms with Gasteiger partial charge in [0.25, 0.3) is 0 Å². The molecule has 110 valence electrons. The Morgan fingerprint density at radius 1 is 0.696 bits per heavy atom. The van der Waals surface area contributed by atoms with E-state index in [0.717, 1.165) is 0 Å². The summed E-state index contributed by atoms with van der Waals surface area (Å²) >= 11 is 0. The molecule has 4 heterocycles. The van der Waals surface area contributed by atoms with Crippen LogP contribution in [0.25, 0.3) is 33.9 Å². The van der Waals surface area contributed by atoms with E-state index >= 15 is 0 Å². The van der Waals surface area contributed by atoms with E-state index in [1.807, 2.05) is 36.4 Å². The van der Waals surface area contributed by atoms with E-state index in [0.29, 0.717) is 33.9 Å². The molecule has 0 aromatic carbocycles. The standard InChI is InChI=1S/C16H11N7/c17-15-14-16(21-9-20-15)23-13(11-6-2-4-8-19-11)12(22-14)10-5-1-3-7-18-10/h1-9H,(H2,17,20,21,23). The SMILES string of the molecule is Nc1ncnc2nc(-c3ccccn3)c(-c3ccccn3)nc12. The van der Waals surface area contributed by atoms with Gasteiger partial charge < -0.3 is 5.73 Å². The minimum Gasteiger partial charge on any atom is -0.382 e. The molecule has 0 amide bonds. The molecule has 0 fully saturated rings. The molecule has 0 radical (unpaired) electrons. The average molecular weight is 301 g/mol. The molecule has 0 aliphatic heterocycles. The zero-order valence-corrected chi connectivity index (χ0v) is 12.0. The number of hydrogen-bond donors (Lipinski definition) is 1. The van der Waals surface area contributed by atoms with Crippen molar-refractivity contribution in [2.45, 2.75) is 0 Å². The second-order valence-corrected chi connectivity index (χ2v) is 4.78. The summed E-state index contributed by atoms with van der Waals surface area (Å²) in [5.41, 5.74) is 9.36. The maximum Gasteiger partial charge on any atom is 0.184 e. The molecule has 23 heavy (non-hydrogen) atoms. The van der Waals surface area contributed by atoms with Gasteiger partial charge in [0.05, 0.1) is 11.4 Å². The molecular weight excluding hydrogens is 290 g/mol. The number of rotatable bonds is 2. The van der Waals surface area contributed by atoms with Gasteiger partial charge in [0, 0.05) is 12.4 Å². The van der Waals surface area contributed by atoms with Crippen LogP contribution in [0.15, 0.2) is 55.1 Å². The van der Waals surface area contributed by atoms with Crippen LogP contribution in [0.3, 0.4) is 0 Å². The Morgan fingerprint density at radius 2 is 1.35 bits per heavy atom. The Kier molecular flexibility index (Phi) is 3.09. The van der Waals surface area contributed by atoms with Crippen molar-refractivity contribution in [1.29, 1.82) is 0 Å². The molecule has 7 nitrogen and oxygen atoms in total. The summed E-state index contributed by atoms with van der Waals surface area (Å²) in [6, 6.07) is 11.2. The number of pyridine rings is 2. The number of nitrogens with two attached hydrogens (primary N) is 1. The molecule has 0 saturated heterocycles. The second-order valence-electron chi connectivity index (χ2n) is 4.78. The zero-order valence-electron chi connectivity index (χ0n) is 12.0. The van der Waals surface area contributed by atoms with Gasteiger partial charge in [-0.1, -0.05) is 12.1 Å². The molecular formula is C16H11N7. The molecule has 0 aliphatic rings. The third kappa shape index (κ3) is 2.34.